The summed E-state index contributed by atoms with van der Waals surface area (Å²) in [6, 6.07) is 60.1. The van der Waals surface area contributed by atoms with Crippen LogP contribution in [0.1, 0.15) is 26.3 Å². The van der Waals surface area contributed by atoms with Gasteiger partial charge < -0.3 is 4.57 Å². The number of hydrogen-bond donors (Lipinski definition) is 0. The number of fused-ring (bicyclic) bond motifs is 6. The summed E-state index contributed by atoms with van der Waals surface area (Å²) in [5.74, 6) is 1.84. The average molecular weight is 696 g/mol. The molecule has 258 valence electrons. The van der Waals surface area contributed by atoms with Crippen LogP contribution in [0.3, 0.4) is 0 Å². The van der Waals surface area contributed by atoms with Gasteiger partial charge in [-0.3, -0.25) is 4.57 Å². The lowest BCUT2D eigenvalue weighted by Crippen LogP contribution is -2.10. The van der Waals surface area contributed by atoms with E-state index < -0.39 is 0 Å². The maximum atomic E-state index is 5.22. The Morgan fingerprint density at radius 3 is 1.39 bits per heavy atom. The molecule has 0 radical (unpaired) electrons. The van der Waals surface area contributed by atoms with Crippen LogP contribution in [0.25, 0.3) is 89.2 Å². The zero-order valence-corrected chi connectivity index (χ0v) is 30.4. The van der Waals surface area contributed by atoms with Crippen LogP contribution in [0, 0.1) is 0 Å². The van der Waals surface area contributed by atoms with Crippen LogP contribution >= 0.6 is 0 Å². The van der Waals surface area contributed by atoms with Gasteiger partial charge in [-0.25, -0.2) is 4.98 Å². The molecule has 3 aromatic heterocycles. The standard InChI is InChI=1S/C49H37N5/c1-49(2,3)36-27-25-35(26-28-36)47-50-46(34-23-21-33(22-24-34)32-13-5-4-6-14-32)51-48(52-47)54-44-20-12-9-17-40(44)41-31-37(29-30-45(41)54)53-42-18-10-7-15-38(42)39-16-8-11-19-43(39)53/h4-31H,1-3H3. The Hall–Kier alpha value is -6.85. The molecule has 0 aliphatic heterocycles. The minimum absolute atomic E-state index is 0.0372. The zero-order valence-electron chi connectivity index (χ0n) is 30.4. The Labute approximate surface area is 313 Å². The van der Waals surface area contributed by atoms with Crippen molar-refractivity contribution < 1.29 is 0 Å². The summed E-state index contributed by atoms with van der Waals surface area (Å²) in [6.45, 7) is 6.69. The van der Waals surface area contributed by atoms with E-state index in [0.29, 0.717) is 17.6 Å². The van der Waals surface area contributed by atoms with E-state index in [9.17, 15) is 0 Å². The monoisotopic (exact) mass is 695 g/mol. The molecule has 0 aliphatic carbocycles. The minimum atomic E-state index is 0.0372. The SMILES string of the molecule is CC(C)(C)c1ccc(-c2nc(-c3ccc(-c4ccccc4)cc3)nc(-n3c4ccccc4c4cc(-n5c6ccccc6c6ccccc65)ccc43)n2)cc1. The van der Waals surface area contributed by atoms with Gasteiger partial charge >= 0.3 is 0 Å². The van der Waals surface area contributed by atoms with Gasteiger partial charge in [0.25, 0.3) is 0 Å². The molecule has 0 spiro atoms. The molecule has 0 amide bonds. The Balaban J connectivity index is 1.18. The van der Waals surface area contributed by atoms with Crippen LogP contribution < -0.4 is 0 Å². The van der Waals surface area contributed by atoms with E-state index in [0.717, 1.165) is 44.2 Å². The third-order valence-electron chi connectivity index (χ3n) is 10.6. The van der Waals surface area contributed by atoms with Gasteiger partial charge in [0, 0.05) is 38.4 Å². The molecule has 7 aromatic carbocycles. The molecule has 5 nitrogen and oxygen atoms in total. The number of benzene rings is 7. The lowest BCUT2D eigenvalue weighted by molar-refractivity contribution is 0.590. The largest absolute Gasteiger partial charge is 0.309 e. The molecule has 54 heavy (non-hydrogen) atoms. The zero-order chi connectivity index (χ0) is 36.4. The second-order valence-corrected chi connectivity index (χ2v) is 15.0. The van der Waals surface area contributed by atoms with E-state index in [4.69, 9.17) is 15.0 Å². The predicted octanol–water partition coefficient (Wildman–Crippen LogP) is 12.4. The number of para-hydroxylation sites is 3. The smallest absolute Gasteiger partial charge is 0.238 e. The second-order valence-electron chi connectivity index (χ2n) is 15.0. The van der Waals surface area contributed by atoms with Crippen molar-refractivity contribution in [1.29, 1.82) is 0 Å². The van der Waals surface area contributed by atoms with Crippen LogP contribution in [0.5, 0.6) is 0 Å². The highest BCUT2D eigenvalue weighted by Crippen LogP contribution is 2.37. The molecule has 0 bridgehead atoms. The number of nitrogens with zero attached hydrogens (tertiary/aromatic N) is 5. The summed E-state index contributed by atoms with van der Waals surface area (Å²) >= 11 is 0. The fourth-order valence-corrected chi connectivity index (χ4v) is 7.80. The molecule has 3 heterocycles. The van der Waals surface area contributed by atoms with Crippen molar-refractivity contribution in [3.8, 4) is 45.5 Å². The van der Waals surface area contributed by atoms with E-state index in [1.807, 2.05) is 6.07 Å². The highest BCUT2D eigenvalue weighted by molar-refractivity contribution is 6.12. The number of rotatable bonds is 5. The summed E-state index contributed by atoms with van der Waals surface area (Å²) in [4.78, 5) is 15.5. The van der Waals surface area contributed by atoms with Gasteiger partial charge in [0.15, 0.2) is 11.6 Å². The quantitative estimate of drug-likeness (QED) is 0.180. The second kappa shape index (κ2) is 12.4. The van der Waals surface area contributed by atoms with E-state index in [2.05, 4.69) is 194 Å². The minimum Gasteiger partial charge on any atom is -0.309 e. The molecular weight excluding hydrogens is 659 g/mol. The Bertz CT molecular complexity index is 2950. The maximum absolute atomic E-state index is 5.22. The first kappa shape index (κ1) is 31.9. The third-order valence-corrected chi connectivity index (χ3v) is 10.6. The fourth-order valence-electron chi connectivity index (χ4n) is 7.80. The molecule has 0 aliphatic rings. The number of hydrogen-bond acceptors (Lipinski definition) is 3. The summed E-state index contributed by atoms with van der Waals surface area (Å²) in [6.07, 6.45) is 0. The van der Waals surface area contributed by atoms with Crippen molar-refractivity contribution in [3.05, 3.63) is 175 Å². The van der Waals surface area contributed by atoms with E-state index in [1.54, 1.807) is 0 Å². The summed E-state index contributed by atoms with van der Waals surface area (Å²) in [7, 11) is 0. The number of aromatic nitrogens is 5. The highest BCUT2D eigenvalue weighted by Gasteiger charge is 2.20. The van der Waals surface area contributed by atoms with Crippen molar-refractivity contribution >= 4 is 43.6 Å². The van der Waals surface area contributed by atoms with Crippen molar-refractivity contribution in [1.82, 2.24) is 24.1 Å². The molecule has 0 N–H and O–H groups in total. The summed E-state index contributed by atoms with van der Waals surface area (Å²) < 4.78 is 4.56. The Morgan fingerprint density at radius 2 is 0.815 bits per heavy atom. The van der Waals surface area contributed by atoms with Crippen LogP contribution in [-0.4, -0.2) is 24.1 Å². The first-order valence-corrected chi connectivity index (χ1v) is 18.5. The van der Waals surface area contributed by atoms with E-state index in [1.165, 1.54) is 32.9 Å². The van der Waals surface area contributed by atoms with Crippen LogP contribution in [0.4, 0.5) is 0 Å². The Morgan fingerprint density at radius 1 is 0.370 bits per heavy atom. The van der Waals surface area contributed by atoms with Gasteiger partial charge in [0.1, 0.15) is 0 Å². The Kier molecular flexibility index (Phi) is 7.31. The van der Waals surface area contributed by atoms with Gasteiger partial charge in [-0.1, -0.05) is 154 Å². The molecule has 10 aromatic rings. The van der Waals surface area contributed by atoms with Crippen molar-refractivity contribution in [2.45, 2.75) is 26.2 Å². The summed E-state index contributed by atoms with van der Waals surface area (Å²) in [5.41, 5.74) is 11.0. The van der Waals surface area contributed by atoms with Crippen LogP contribution in [0.15, 0.2) is 170 Å². The molecule has 0 unspecified atom stereocenters. The van der Waals surface area contributed by atoms with Gasteiger partial charge in [-0.05, 0) is 58.5 Å². The normalized spacial score (nSPS) is 12.0. The van der Waals surface area contributed by atoms with Crippen LogP contribution in [0.2, 0.25) is 0 Å². The van der Waals surface area contributed by atoms with Crippen molar-refractivity contribution in [3.63, 3.8) is 0 Å². The molecule has 10 rings (SSSR count). The maximum Gasteiger partial charge on any atom is 0.238 e. The molecule has 0 atom stereocenters. The highest BCUT2D eigenvalue weighted by atomic mass is 15.2. The van der Waals surface area contributed by atoms with Gasteiger partial charge in [0.05, 0.1) is 22.1 Å². The first-order valence-electron chi connectivity index (χ1n) is 18.5. The predicted molar refractivity (Wildman–Crippen MR) is 224 cm³/mol. The molecule has 0 saturated carbocycles. The van der Waals surface area contributed by atoms with E-state index >= 15 is 0 Å². The average Bonchev–Trinajstić information content (AvgIpc) is 3.73. The van der Waals surface area contributed by atoms with Gasteiger partial charge in [0.2, 0.25) is 5.95 Å². The third kappa shape index (κ3) is 5.28. The molecular formula is C49H37N5. The van der Waals surface area contributed by atoms with E-state index in [-0.39, 0.29) is 5.41 Å². The lowest BCUT2D eigenvalue weighted by Gasteiger charge is -2.19. The van der Waals surface area contributed by atoms with Crippen molar-refractivity contribution in [2.24, 2.45) is 0 Å². The van der Waals surface area contributed by atoms with Crippen LogP contribution in [-0.2, 0) is 5.41 Å². The first-order chi connectivity index (χ1) is 26.4. The van der Waals surface area contributed by atoms with Gasteiger partial charge in [-0.15, -0.1) is 0 Å². The fraction of sp³-hybridized carbons (Fsp3) is 0.0816. The molecule has 0 fully saturated rings. The van der Waals surface area contributed by atoms with Crippen molar-refractivity contribution in [2.75, 3.05) is 0 Å². The molecule has 0 saturated heterocycles. The van der Waals surface area contributed by atoms with Gasteiger partial charge in [-0.2, -0.15) is 9.97 Å². The molecule has 5 heteroatoms. The lowest BCUT2D eigenvalue weighted by atomic mass is 9.87. The summed E-state index contributed by atoms with van der Waals surface area (Å²) in [5, 5.41) is 4.76. The topological polar surface area (TPSA) is 48.5 Å².